The van der Waals surface area contributed by atoms with Crippen molar-refractivity contribution in [1.82, 2.24) is 44.9 Å². The molecule has 0 N–H and O–H groups in total. The van der Waals surface area contributed by atoms with E-state index in [-0.39, 0.29) is 101 Å². The van der Waals surface area contributed by atoms with Crippen LogP contribution >= 0.6 is 45.3 Å². The smallest absolute Gasteiger partial charge is 0.0493 e. The van der Waals surface area contributed by atoms with Crippen LogP contribution in [0, 0.1) is 30.3 Å². The van der Waals surface area contributed by atoms with Crippen molar-refractivity contribution in [3.05, 3.63) is 211 Å². The summed E-state index contributed by atoms with van der Waals surface area (Å²) in [6.07, 6.45) is 15.8. The predicted molar refractivity (Wildman–Crippen MR) is 239 cm³/mol. The summed E-state index contributed by atoms with van der Waals surface area (Å²) in [4.78, 5) is 24.1. The molecule has 0 fully saturated rings. The molecule has 0 atom stereocenters. The molecule has 11 rings (SSSR count). The van der Waals surface area contributed by atoms with Gasteiger partial charge in [-0.2, -0.15) is 52.0 Å². The first-order valence-corrected chi connectivity index (χ1v) is 21.3. The summed E-state index contributed by atoms with van der Waals surface area (Å²) < 4.78 is 1.80. The van der Waals surface area contributed by atoms with Crippen LogP contribution in [-0.4, -0.2) is 44.9 Å². The van der Waals surface area contributed by atoms with Gasteiger partial charge in [0.05, 0.1) is 0 Å². The van der Waals surface area contributed by atoms with Gasteiger partial charge in [-0.05, 0) is 47.0 Å². The van der Waals surface area contributed by atoms with Gasteiger partial charge in [0.15, 0.2) is 0 Å². The minimum atomic E-state index is 0. The number of aromatic nitrogens is 9. The number of hydrogen-bond acceptors (Lipinski definition) is 12. The second kappa shape index (κ2) is 32.1. The Labute approximate surface area is 455 Å². The van der Waals surface area contributed by atoms with Gasteiger partial charge in [0, 0.05) is 161 Å². The molecule has 0 saturated carbocycles. The van der Waals surface area contributed by atoms with E-state index in [0.29, 0.717) is 0 Å². The molecule has 0 saturated heterocycles. The summed E-state index contributed by atoms with van der Waals surface area (Å²) in [6, 6.07) is 48.4. The third-order valence-electron chi connectivity index (χ3n) is 7.55. The second-order valence-corrected chi connectivity index (χ2v) is 15.1. The van der Waals surface area contributed by atoms with Crippen LogP contribution in [-0.2, 0) is 101 Å². The molecule has 1 aromatic carbocycles. The van der Waals surface area contributed by atoms with Crippen LogP contribution in [0.3, 0.4) is 0 Å². The molecule has 10 aromatic heterocycles. The number of thiophene rings is 4. The quantitative estimate of drug-likeness (QED) is 0.157. The van der Waals surface area contributed by atoms with Crippen molar-refractivity contribution in [2.24, 2.45) is 0 Å². The number of pyridine rings is 3. The first-order chi connectivity index (χ1) is 29.3. The normalized spacial score (nSPS) is 9.25. The van der Waals surface area contributed by atoms with Crippen molar-refractivity contribution in [2.45, 2.75) is 0 Å². The molecule has 18 heteroatoms. The Kier molecular flexibility index (Phi) is 28.3. The monoisotopic (exact) mass is 1800 g/mol. The fourth-order valence-corrected chi connectivity index (χ4v) is 7.44. The van der Waals surface area contributed by atoms with Crippen LogP contribution in [0.1, 0.15) is 0 Å². The van der Waals surface area contributed by atoms with Crippen molar-refractivity contribution in [1.29, 1.82) is 0 Å². The molecule has 0 spiro atoms. The molecule has 0 aliphatic heterocycles. The van der Waals surface area contributed by atoms with Crippen molar-refractivity contribution in [2.75, 3.05) is 0 Å². The first kappa shape index (κ1) is 56.5. The van der Waals surface area contributed by atoms with Crippen molar-refractivity contribution in [3.8, 4) is 48.0 Å². The Bertz CT molecular complexity index is 2560. The standard InChI is InChI=1S/C14H9N2.C9H6NS.2C8H5N2S.C7H5N2S.5Ir/c1-2-8-15-13(5-1)12-7-6-11-4-3-9-16-14(11)10-12;1-2-6-10-8(4-1)9-5-3-7-11-9;1-3-7(10-9-5-1)8-4-2-6-11-8;1-2-8(11-5-1)7-6-9-3-4-10-7;1-3-7(10-6-1)9-5-2-4-8-9;;;;;/h1-6,8-10H;1-4,6-7H;1-3,5-6H;1,3-6H;1-2,4-6H;;;;;/q5*-1;;;;;. The van der Waals surface area contributed by atoms with Gasteiger partial charge in [-0.3, -0.25) is 14.6 Å². The van der Waals surface area contributed by atoms with Gasteiger partial charge < -0.3 is 15.0 Å². The Morgan fingerprint density at radius 1 is 0.469 bits per heavy atom. The zero-order valence-electron chi connectivity index (χ0n) is 32.6. The van der Waals surface area contributed by atoms with Crippen LogP contribution in [0.4, 0.5) is 0 Å². The zero-order valence-corrected chi connectivity index (χ0v) is 47.9. The van der Waals surface area contributed by atoms with Gasteiger partial charge >= 0.3 is 0 Å². The largest absolute Gasteiger partial charge is 0.319 e. The van der Waals surface area contributed by atoms with E-state index in [0.717, 1.165) is 58.9 Å². The summed E-state index contributed by atoms with van der Waals surface area (Å²) >= 11 is 6.52. The molecular weight excluding hydrogens is 1770 g/mol. The third kappa shape index (κ3) is 18.0. The number of fused-ring (bicyclic) bond motifs is 1. The molecule has 11 aromatic rings. The SMILES string of the molecule is [Ir].[Ir].[Ir].[Ir].[Ir].[c-]1cc2cccnc2cc1-c1ccccn1.[c-]1ccsc1-c1ccccn1.[c-]1ccsc1-c1cccnn1.[c-]1ccsc1-c1cnccn1.[c-]1ccsc1-n1cccn1. The van der Waals surface area contributed by atoms with E-state index in [1.165, 1.54) is 0 Å². The van der Waals surface area contributed by atoms with Gasteiger partial charge in [-0.1, -0.05) is 68.5 Å². The molecule has 0 unspecified atom stereocenters. The number of hydrogen-bond donors (Lipinski definition) is 0. The van der Waals surface area contributed by atoms with E-state index in [1.807, 2.05) is 131 Å². The maximum Gasteiger partial charge on any atom is 0.0493 e. The number of rotatable bonds is 5. The molecule has 0 bridgehead atoms. The van der Waals surface area contributed by atoms with Crippen LogP contribution in [0.5, 0.6) is 0 Å². The van der Waals surface area contributed by atoms with E-state index >= 15 is 0 Å². The molecule has 5 radical (unpaired) electrons. The minimum absolute atomic E-state index is 0. The van der Waals surface area contributed by atoms with Crippen LogP contribution in [0.2, 0.25) is 0 Å². The van der Waals surface area contributed by atoms with Crippen molar-refractivity contribution >= 4 is 56.3 Å². The maximum absolute atomic E-state index is 4.32. The Morgan fingerprint density at radius 2 is 1.06 bits per heavy atom. The van der Waals surface area contributed by atoms with Gasteiger partial charge in [-0.15, -0.1) is 39.9 Å². The summed E-state index contributed by atoms with van der Waals surface area (Å²) in [5.74, 6) is 0. The molecule has 0 aliphatic rings. The van der Waals surface area contributed by atoms with Gasteiger partial charge in [0.25, 0.3) is 0 Å². The van der Waals surface area contributed by atoms with Crippen LogP contribution < -0.4 is 0 Å². The van der Waals surface area contributed by atoms with Crippen LogP contribution in [0.25, 0.3) is 58.9 Å². The van der Waals surface area contributed by atoms with Crippen molar-refractivity contribution in [3.63, 3.8) is 0 Å². The third-order valence-corrected chi connectivity index (χ3v) is 10.9. The Hall–Kier alpha value is -3.65. The van der Waals surface area contributed by atoms with Crippen LogP contribution in [0.15, 0.2) is 180 Å². The fraction of sp³-hybridized carbons (Fsp3) is 0. The Morgan fingerprint density at radius 3 is 1.61 bits per heavy atom. The zero-order chi connectivity index (χ0) is 40.2. The second-order valence-electron chi connectivity index (χ2n) is 11.5. The number of nitrogens with zero attached hydrogens (tertiary/aromatic N) is 9. The fourth-order valence-electron chi connectivity index (χ4n) is 4.90. The van der Waals surface area contributed by atoms with E-state index in [9.17, 15) is 0 Å². The predicted octanol–water partition coefficient (Wildman–Crippen LogP) is 11.4. The molecule has 64 heavy (non-hydrogen) atoms. The molecule has 10 heterocycles. The molecule has 0 amide bonds. The summed E-state index contributed by atoms with van der Waals surface area (Å²) in [5.41, 5.74) is 5.66. The van der Waals surface area contributed by atoms with E-state index in [2.05, 4.69) is 70.5 Å². The summed E-state index contributed by atoms with van der Waals surface area (Å²) in [5, 5.41) is 21.9. The van der Waals surface area contributed by atoms with Gasteiger partial charge in [-0.25, -0.2) is 62.6 Å². The summed E-state index contributed by atoms with van der Waals surface area (Å²) in [7, 11) is 0. The molecule has 0 aliphatic carbocycles. The average molecular weight is 1800 g/mol. The van der Waals surface area contributed by atoms with E-state index in [1.54, 1.807) is 99.6 Å². The Balaban J connectivity index is 0.000000273. The number of benzene rings is 1. The molecule has 333 valence electrons. The van der Waals surface area contributed by atoms with E-state index < -0.39 is 0 Å². The van der Waals surface area contributed by atoms with Gasteiger partial charge in [0.1, 0.15) is 0 Å². The molecular formula is C46H30Ir5N9S4-5. The molecule has 9 nitrogen and oxygen atoms in total. The minimum Gasteiger partial charge on any atom is -0.319 e. The van der Waals surface area contributed by atoms with Crippen molar-refractivity contribution < 1.29 is 101 Å². The topological polar surface area (TPSA) is 108 Å². The maximum atomic E-state index is 4.32. The van der Waals surface area contributed by atoms with Gasteiger partial charge in [0.2, 0.25) is 0 Å². The summed E-state index contributed by atoms with van der Waals surface area (Å²) in [6.45, 7) is 0. The van der Waals surface area contributed by atoms with E-state index in [4.69, 9.17) is 0 Å². The first-order valence-electron chi connectivity index (χ1n) is 17.7. The average Bonchev–Trinajstić information content (AvgIpc) is 4.18.